The van der Waals surface area contributed by atoms with E-state index in [-0.39, 0.29) is 17.6 Å². The zero-order valence-electron chi connectivity index (χ0n) is 13.8. The van der Waals surface area contributed by atoms with Gasteiger partial charge in [0.25, 0.3) is 5.56 Å². The maximum Gasteiger partial charge on any atom is 0.259 e. The van der Waals surface area contributed by atoms with Gasteiger partial charge in [-0.25, -0.2) is 4.98 Å². The molecule has 3 aromatic heterocycles. The summed E-state index contributed by atoms with van der Waals surface area (Å²) in [4.78, 5) is 17.5. The van der Waals surface area contributed by atoms with Gasteiger partial charge in [-0.2, -0.15) is 5.10 Å². The zero-order chi connectivity index (χ0) is 16.6. The van der Waals surface area contributed by atoms with Gasteiger partial charge in [0.05, 0.1) is 17.9 Å². The van der Waals surface area contributed by atoms with Crippen molar-refractivity contribution >= 4 is 16.3 Å². The molecule has 0 aliphatic carbocycles. The SMILES string of the molecule is Cc1cnn([C@@H](C)[C@H](C)NCc2cc(=O)n3c(C)csc3n2)c1. The average molecular weight is 331 g/mol. The van der Waals surface area contributed by atoms with E-state index in [1.54, 1.807) is 10.5 Å². The van der Waals surface area contributed by atoms with Gasteiger partial charge in [-0.15, -0.1) is 11.3 Å². The van der Waals surface area contributed by atoms with Gasteiger partial charge >= 0.3 is 0 Å². The molecule has 0 saturated carbocycles. The van der Waals surface area contributed by atoms with Gasteiger partial charge in [-0.05, 0) is 33.3 Å². The lowest BCUT2D eigenvalue weighted by Gasteiger charge is -2.21. The second-order valence-electron chi connectivity index (χ2n) is 5.99. The first-order valence-corrected chi connectivity index (χ1v) is 8.54. The van der Waals surface area contributed by atoms with E-state index in [0.29, 0.717) is 6.54 Å². The predicted octanol–water partition coefficient (Wildman–Crippen LogP) is 2.31. The number of aryl methyl sites for hydroxylation is 2. The molecule has 0 aliphatic heterocycles. The summed E-state index contributed by atoms with van der Waals surface area (Å²) >= 11 is 1.49. The molecule has 6 nitrogen and oxygen atoms in total. The van der Waals surface area contributed by atoms with Gasteiger partial charge in [0.2, 0.25) is 0 Å². The molecule has 3 heterocycles. The maximum absolute atomic E-state index is 12.2. The summed E-state index contributed by atoms with van der Waals surface area (Å²) in [5, 5.41) is 9.75. The summed E-state index contributed by atoms with van der Waals surface area (Å²) in [5.41, 5.74) is 2.83. The normalized spacial score (nSPS) is 14.3. The lowest BCUT2D eigenvalue weighted by molar-refractivity contribution is 0.363. The third-order valence-corrected chi connectivity index (χ3v) is 5.05. The first-order chi connectivity index (χ1) is 11.0. The zero-order valence-corrected chi connectivity index (χ0v) is 14.6. The van der Waals surface area contributed by atoms with Crippen molar-refractivity contribution in [2.45, 2.75) is 46.3 Å². The lowest BCUT2D eigenvalue weighted by atomic mass is 10.1. The van der Waals surface area contributed by atoms with Gasteiger partial charge in [-0.3, -0.25) is 13.9 Å². The third-order valence-electron chi connectivity index (χ3n) is 4.11. The van der Waals surface area contributed by atoms with Crippen LogP contribution < -0.4 is 10.9 Å². The minimum absolute atomic E-state index is 0.0195. The molecule has 3 rings (SSSR count). The molecule has 23 heavy (non-hydrogen) atoms. The molecule has 0 bridgehead atoms. The number of aromatic nitrogens is 4. The van der Waals surface area contributed by atoms with Crippen molar-refractivity contribution < 1.29 is 0 Å². The molecule has 1 N–H and O–H groups in total. The predicted molar refractivity (Wildman–Crippen MR) is 92.1 cm³/mol. The van der Waals surface area contributed by atoms with Crippen molar-refractivity contribution in [3.8, 4) is 0 Å². The molecule has 0 amide bonds. The fourth-order valence-corrected chi connectivity index (χ4v) is 3.40. The first-order valence-electron chi connectivity index (χ1n) is 7.66. The molecular formula is C16H21N5OS. The molecule has 0 aliphatic rings. The molecule has 0 unspecified atom stereocenters. The summed E-state index contributed by atoms with van der Waals surface area (Å²) in [6.45, 7) is 8.75. The van der Waals surface area contributed by atoms with E-state index < -0.39 is 0 Å². The quantitative estimate of drug-likeness (QED) is 0.779. The van der Waals surface area contributed by atoms with Crippen molar-refractivity contribution in [2.24, 2.45) is 0 Å². The monoisotopic (exact) mass is 331 g/mol. The smallest absolute Gasteiger partial charge is 0.259 e. The summed E-state index contributed by atoms with van der Waals surface area (Å²) in [7, 11) is 0. The molecule has 0 saturated heterocycles. The Morgan fingerprint density at radius 2 is 2.13 bits per heavy atom. The Bertz CT molecular complexity index is 878. The second kappa shape index (κ2) is 6.25. The van der Waals surface area contributed by atoms with Crippen LogP contribution in [0.4, 0.5) is 0 Å². The number of hydrogen-bond acceptors (Lipinski definition) is 5. The lowest BCUT2D eigenvalue weighted by Crippen LogP contribution is -2.34. The summed E-state index contributed by atoms with van der Waals surface area (Å²) < 4.78 is 3.61. The van der Waals surface area contributed by atoms with Crippen LogP contribution in [0.5, 0.6) is 0 Å². The number of nitrogens with one attached hydrogen (secondary N) is 1. The van der Waals surface area contributed by atoms with Crippen LogP contribution in [0.1, 0.15) is 36.8 Å². The molecular weight excluding hydrogens is 310 g/mol. The summed E-state index contributed by atoms with van der Waals surface area (Å²) in [6, 6.07) is 2.03. The minimum atomic E-state index is -0.0195. The summed E-state index contributed by atoms with van der Waals surface area (Å²) in [5.74, 6) is 0. The van der Waals surface area contributed by atoms with Crippen LogP contribution in [0.3, 0.4) is 0 Å². The van der Waals surface area contributed by atoms with E-state index >= 15 is 0 Å². The van der Waals surface area contributed by atoms with Gasteiger partial charge in [0.15, 0.2) is 4.96 Å². The molecule has 122 valence electrons. The van der Waals surface area contributed by atoms with Crippen LogP contribution in [0.15, 0.2) is 28.6 Å². The number of thiazole rings is 1. The average Bonchev–Trinajstić information content (AvgIpc) is 3.10. The van der Waals surface area contributed by atoms with E-state index in [9.17, 15) is 4.79 Å². The van der Waals surface area contributed by atoms with Gasteiger partial charge in [0.1, 0.15) is 0 Å². The number of nitrogens with zero attached hydrogens (tertiary/aromatic N) is 4. The fraction of sp³-hybridized carbons (Fsp3) is 0.438. The second-order valence-corrected chi connectivity index (χ2v) is 6.83. The van der Waals surface area contributed by atoms with Crippen molar-refractivity contribution in [3.63, 3.8) is 0 Å². The molecule has 3 aromatic rings. The number of fused-ring (bicyclic) bond motifs is 1. The maximum atomic E-state index is 12.2. The van der Waals surface area contributed by atoms with Crippen LogP contribution in [0.2, 0.25) is 0 Å². The van der Waals surface area contributed by atoms with E-state index in [2.05, 4.69) is 29.2 Å². The Kier molecular flexibility index (Phi) is 4.32. The Hall–Kier alpha value is -1.99. The molecule has 0 aromatic carbocycles. The van der Waals surface area contributed by atoms with Crippen LogP contribution in [0.25, 0.3) is 4.96 Å². The fourth-order valence-electron chi connectivity index (χ4n) is 2.51. The molecule has 2 atom stereocenters. The largest absolute Gasteiger partial charge is 0.307 e. The molecule has 7 heteroatoms. The van der Waals surface area contributed by atoms with Crippen molar-refractivity contribution in [2.75, 3.05) is 0 Å². The van der Waals surface area contributed by atoms with Gasteiger partial charge in [-0.1, -0.05) is 0 Å². The Morgan fingerprint density at radius 1 is 1.35 bits per heavy atom. The Labute approximate surface area is 138 Å². The Morgan fingerprint density at radius 3 is 2.83 bits per heavy atom. The van der Waals surface area contributed by atoms with Gasteiger partial charge in [0, 0.05) is 35.9 Å². The standard InChI is InChI=1S/C16H21N5OS/c1-10-6-18-20(8-10)13(4)12(3)17-7-14-5-15(22)21-11(2)9-23-16(21)19-14/h5-6,8-9,12-13,17H,7H2,1-4H3/t12-,13-/m0/s1. The van der Waals surface area contributed by atoms with Crippen LogP contribution in [-0.2, 0) is 6.54 Å². The molecule has 0 spiro atoms. The number of hydrogen-bond donors (Lipinski definition) is 1. The Balaban J connectivity index is 1.71. The highest BCUT2D eigenvalue weighted by Crippen LogP contribution is 2.13. The van der Waals surface area contributed by atoms with E-state index in [1.165, 1.54) is 11.3 Å². The number of rotatable bonds is 5. The minimum Gasteiger partial charge on any atom is -0.307 e. The molecule has 0 fully saturated rings. The highest BCUT2D eigenvalue weighted by molar-refractivity contribution is 7.15. The highest BCUT2D eigenvalue weighted by atomic mass is 32.1. The van der Waals surface area contributed by atoms with E-state index in [4.69, 9.17) is 0 Å². The topological polar surface area (TPSA) is 64.2 Å². The first kappa shape index (κ1) is 15.9. The summed E-state index contributed by atoms with van der Waals surface area (Å²) in [6.07, 6.45) is 3.90. The van der Waals surface area contributed by atoms with E-state index in [1.807, 2.05) is 36.3 Å². The molecule has 0 radical (unpaired) electrons. The van der Waals surface area contributed by atoms with Crippen molar-refractivity contribution in [1.82, 2.24) is 24.5 Å². The van der Waals surface area contributed by atoms with Gasteiger partial charge < -0.3 is 5.32 Å². The third kappa shape index (κ3) is 3.20. The van der Waals surface area contributed by atoms with Crippen LogP contribution in [-0.4, -0.2) is 25.2 Å². The van der Waals surface area contributed by atoms with Crippen molar-refractivity contribution in [1.29, 1.82) is 0 Å². The van der Waals surface area contributed by atoms with E-state index in [0.717, 1.165) is 21.9 Å². The highest BCUT2D eigenvalue weighted by Gasteiger charge is 2.15. The van der Waals surface area contributed by atoms with Crippen molar-refractivity contribution in [3.05, 3.63) is 51.1 Å². The van der Waals surface area contributed by atoms with Crippen LogP contribution >= 0.6 is 11.3 Å². The van der Waals surface area contributed by atoms with Crippen LogP contribution in [0, 0.1) is 13.8 Å².